The van der Waals surface area contributed by atoms with Gasteiger partial charge in [0.1, 0.15) is 22.0 Å². The Hall–Kier alpha value is -3.77. The van der Waals surface area contributed by atoms with Crippen molar-refractivity contribution in [1.29, 1.82) is 5.26 Å². The molecule has 0 spiro atoms. The van der Waals surface area contributed by atoms with E-state index >= 15 is 0 Å². The molecule has 0 saturated heterocycles. The fourth-order valence-electron chi connectivity index (χ4n) is 3.20. The molecule has 0 aliphatic carbocycles. The Balaban J connectivity index is 2.08. The molecular formula is C20H15N3O5S. The summed E-state index contributed by atoms with van der Waals surface area (Å²) in [7, 11) is 0. The van der Waals surface area contributed by atoms with Crippen molar-refractivity contribution in [3.8, 4) is 6.07 Å². The molecule has 4 heterocycles. The Labute approximate surface area is 168 Å². The molecular weight excluding hydrogens is 394 g/mol. The average molecular weight is 409 g/mol. The zero-order chi connectivity index (χ0) is 20.5. The van der Waals surface area contributed by atoms with Crippen LogP contribution in [0.1, 0.15) is 24.4 Å². The quantitative estimate of drug-likeness (QED) is 0.640. The number of rotatable bonds is 4. The minimum absolute atomic E-state index is 0.00435. The van der Waals surface area contributed by atoms with Crippen LogP contribution in [0.5, 0.6) is 0 Å². The third-order valence-corrected chi connectivity index (χ3v) is 5.52. The zero-order valence-corrected chi connectivity index (χ0v) is 16.1. The molecule has 3 aromatic heterocycles. The highest BCUT2D eigenvalue weighted by atomic mass is 32.1. The predicted octanol–water partition coefficient (Wildman–Crippen LogP) is 1.09. The largest absolute Gasteiger partial charge is 0.468 e. The number of carbonyl (C=O) groups excluding carboxylic acids is 1. The van der Waals surface area contributed by atoms with Gasteiger partial charge in [-0.05, 0) is 31.2 Å². The number of thiazole rings is 1. The van der Waals surface area contributed by atoms with Gasteiger partial charge in [0.2, 0.25) is 0 Å². The molecule has 1 atom stereocenters. The van der Waals surface area contributed by atoms with Crippen LogP contribution < -0.4 is 20.5 Å². The molecule has 3 aromatic rings. The number of fused-ring (bicyclic) bond motifs is 1. The smallest absolute Gasteiger partial charge is 0.338 e. The molecule has 0 unspecified atom stereocenters. The summed E-state index contributed by atoms with van der Waals surface area (Å²) >= 11 is 1.09. The van der Waals surface area contributed by atoms with E-state index in [1.54, 1.807) is 37.3 Å². The summed E-state index contributed by atoms with van der Waals surface area (Å²) in [6.07, 6.45) is 4.49. The first kappa shape index (κ1) is 18.6. The molecule has 1 aliphatic rings. The molecule has 0 amide bonds. The molecule has 4 rings (SSSR count). The van der Waals surface area contributed by atoms with E-state index in [1.165, 1.54) is 17.1 Å². The van der Waals surface area contributed by atoms with Crippen LogP contribution in [0.2, 0.25) is 0 Å². The van der Waals surface area contributed by atoms with E-state index in [4.69, 9.17) is 19.3 Å². The summed E-state index contributed by atoms with van der Waals surface area (Å²) in [6, 6.07) is 8.81. The maximum Gasteiger partial charge on any atom is 0.338 e. The molecule has 29 heavy (non-hydrogen) atoms. The summed E-state index contributed by atoms with van der Waals surface area (Å²) in [4.78, 5) is 25.7. The van der Waals surface area contributed by atoms with Crippen molar-refractivity contribution < 1.29 is 18.4 Å². The van der Waals surface area contributed by atoms with Crippen molar-refractivity contribution >= 4 is 34.8 Å². The van der Waals surface area contributed by atoms with Crippen LogP contribution in [0.25, 0.3) is 17.5 Å². The highest BCUT2D eigenvalue weighted by molar-refractivity contribution is 7.07. The minimum atomic E-state index is -0.872. The Morgan fingerprint density at radius 1 is 1.38 bits per heavy atom. The fourth-order valence-corrected chi connectivity index (χ4v) is 4.31. The van der Waals surface area contributed by atoms with Crippen molar-refractivity contribution in [1.82, 2.24) is 4.57 Å². The number of nitrogens with zero attached hydrogens (tertiary/aromatic N) is 2. The Bertz CT molecular complexity index is 1320. The number of furan rings is 2. The van der Waals surface area contributed by atoms with E-state index in [2.05, 4.69) is 6.07 Å². The van der Waals surface area contributed by atoms with Crippen LogP contribution in [0.3, 0.4) is 0 Å². The van der Waals surface area contributed by atoms with Crippen LogP contribution in [0.15, 0.2) is 56.0 Å². The van der Waals surface area contributed by atoms with Gasteiger partial charge in [-0.15, -0.1) is 11.3 Å². The van der Waals surface area contributed by atoms with Crippen molar-refractivity contribution in [2.75, 3.05) is 6.61 Å². The first-order valence-electron chi connectivity index (χ1n) is 8.68. The number of nitrogens with two attached hydrogens (primary N) is 1. The SMILES string of the molecule is CCOC(=O)C1=C(N)n2c(s/c(=C\c3ccco3)c2=O)=C(C#N)[C@@H]1c1ccco1. The predicted molar refractivity (Wildman–Crippen MR) is 105 cm³/mol. The molecule has 9 heteroatoms. The van der Waals surface area contributed by atoms with Gasteiger partial charge >= 0.3 is 5.97 Å². The first-order valence-corrected chi connectivity index (χ1v) is 9.50. The van der Waals surface area contributed by atoms with E-state index in [-0.39, 0.29) is 23.6 Å². The second kappa shape index (κ2) is 7.33. The van der Waals surface area contributed by atoms with Crippen molar-refractivity contribution in [3.63, 3.8) is 0 Å². The van der Waals surface area contributed by atoms with Crippen LogP contribution in [0.4, 0.5) is 0 Å². The third-order valence-electron chi connectivity index (χ3n) is 4.41. The van der Waals surface area contributed by atoms with E-state index < -0.39 is 17.4 Å². The summed E-state index contributed by atoms with van der Waals surface area (Å²) in [5.74, 6) is -0.825. The lowest BCUT2D eigenvalue weighted by Crippen LogP contribution is -2.40. The average Bonchev–Trinajstić information content (AvgIpc) is 3.45. The molecule has 0 radical (unpaired) electrons. The standard InChI is InChI=1S/C20H15N3O5S/c1-2-26-20(25)16-15(13-6-4-8-28-13)12(10-21)19-23(17(16)22)18(24)14(29-19)9-11-5-3-7-27-11/h3-9,15H,2,22H2,1H3/b14-9-/t15-/m1/s1. The maximum absolute atomic E-state index is 13.0. The first-order chi connectivity index (χ1) is 14.1. The highest BCUT2D eigenvalue weighted by Gasteiger charge is 2.38. The van der Waals surface area contributed by atoms with Crippen LogP contribution >= 0.6 is 11.3 Å². The lowest BCUT2D eigenvalue weighted by molar-refractivity contribution is -0.138. The molecule has 146 valence electrons. The van der Waals surface area contributed by atoms with Crippen molar-refractivity contribution in [2.45, 2.75) is 12.8 Å². The number of esters is 1. The maximum atomic E-state index is 13.0. The second-order valence-electron chi connectivity index (χ2n) is 6.07. The van der Waals surface area contributed by atoms with Gasteiger partial charge in [-0.3, -0.25) is 9.36 Å². The van der Waals surface area contributed by atoms with Crippen molar-refractivity contribution in [2.24, 2.45) is 5.73 Å². The summed E-state index contributed by atoms with van der Waals surface area (Å²) < 4.78 is 17.7. The minimum Gasteiger partial charge on any atom is -0.468 e. The number of hydrogen-bond acceptors (Lipinski definition) is 8. The molecule has 2 N–H and O–H groups in total. The van der Waals surface area contributed by atoms with E-state index in [1.807, 2.05) is 0 Å². The number of hydrogen-bond donors (Lipinski definition) is 1. The van der Waals surface area contributed by atoms with Crippen LogP contribution in [0, 0.1) is 11.3 Å². The van der Waals surface area contributed by atoms with Crippen molar-refractivity contribution in [3.05, 3.63) is 73.4 Å². The fraction of sp³-hybridized carbons (Fsp3) is 0.150. The van der Waals surface area contributed by atoms with E-state index in [9.17, 15) is 14.9 Å². The molecule has 1 aliphatic heterocycles. The highest BCUT2D eigenvalue weighted by Crippen LogP contribution is 2.36. The van der Waals surface area contributed by atoms with Gasteiger partial charge in [-0.2, -0.15) is 5.26 Å². The van der Waals surface area contributed by atoms with Gasteiger partial charge in [0.25, 0.3) is 5.56 Å². The Morgan fingerprint density at radius 2 is 2.14 bits per heavy atom. The number of carbonyl (C=O) groups is 1. The van der Waals surface area contributed by atoms with E-state index in [0.717, 1.165) is 11.3 Å². The van der Waals surface area contributed by atoms with E-state index in [0.29, 0.717) is 20.7 Å². The topological polar surface area (TPSA) is 124 Å². The van der Waals surface area contributed by atoms with Crippen LogP contribution in [-0.4, -0.2) is 17.1 Å². The normalized spacial score (nSPS) is 16.6. The van der Waals surface area contributed by atoms with Gasteiger partial charge in [-0.25, -0.2) is 4.79 Å². The van der Waals surface area contributed by atoms with Gasteiger partial charge in [0, 0.05) is 6.08 Å². The lowest BCUT2D eigenvalue weighted by Gasteiger charge is -2.23. The Kier molecular flexibility index (Phi) is 4.70. The Morgan fingerprint density at radius 3 is 2.76 bits per heavy atom. The number of aromatic nitrogens is 1. The molecule has 0 fully saturated rings. The lowest BCUT2D eigenvalue weighted by atomic mass is 9.88. The molecule has 8 nitrogen and oxygen atoms in total. The second-order valence-corrected chi connectivity index (χ2v) is 7.10. The third kappa shape index (κ3) is 2.99. The summed E-state index contributed by atoms with van der Waals surface area (Å²) in [5.41, 5.74) is 5.99. The van der Waals surface area contributed by atoms with Gasteiger partial charge in [0.15, 0.2) is 0 Å². The molecule has 0 aromatic carbocycles. The number of nitriles is 1. The van der Waals surface area contributed by atoms with Gasteiger partial charge in [-0.1, -0.05) is 0 Å². The van der Waals surface area contributed by atoms with Crippen LogP contribution in [-0.2, 0) is 9.53 Å². The van der Waals surface area contributed by atoms with Gasteiger partial charge in [0.05, 0.1) is 46.8 Å². The van der Waals surface area contributed by atoms with Gasteiger partial charge < -0.3 is 19.3 Å². The molecule has 0 saturated carbocycles. The summed E-state index contributed by atoms with van der Waals surface area (Å²) in [6.45, 7) is 1.78. The monoisotopic (exact) mass is 409 g/mol. The number of ether oxygens (including phenoxy) is 1. The molecule has 0 bridgehead atoms. The zero-order valence-electron chi connectivity index (χ0n) is 15.2. The summed E-state index contributed by atoms with van der Waals surface area (Å²) in [5, 5.41) is 9.90.